The second-order valence-corrected chi connectivity index (χ2v) is 8.36. The topological polar surface area (TPSA) is 15.3 Å². The Kier molecular flexibility index (Phi) is 6.55. The molecule has 1 aliphatic heterocycles. The molecular formula is C19H38N2. The maximum Gasteiger partial charge on any atom is 0.00504 e. The van der Waals surface area contributed by atoms with Crippen LogP contribution in [0.5, 0.6) is 0 Å². The van der Waals surface area contributed by atoms with Crippen LogP contribution in [0.3, 0.4) is 0 Å². The van der Waals surface area contributed by atoms with E-state index in [1.807, 2.05) is 0 Å². The van der Waals surface area contributed by atoms with E-state index in [4.69, 9.17) is 0 Å². The summed E-state index contributed by atoms with van der Waals surface area (Å²) in [7, 11) is 0. The molecule has 2 fully saturated rings. The van der Waals surface area contributed by atoms with Gasteiger partial charge >= 0.3 is 0 Å². The van der Waals surface area contributed by atoms with Crippen molar-refractivity contribution in [3.8, 4) is 0 Å². The molecule has 0 aromatic carbocycles. The number of rotatable bonds is 6. The number of nitrogens with zero attached hydrogens (tertiary/aromatic N) is 1. The molecule has 21 heavy (non-hydrogen) atoms. The Morgan fingerprint density at radius 3 is 2.62 bits per heavy atom. The summed E-state index contributed by atoms with van der Waals surface area (Å²) in [5.74, 6) is 2.71. The second kappa shape index (κ2) is 7.97. The molecular weight excluding hydrogens is 256 g/mol. The summed E-state index contributed by atoms with van der Waals surface area (Å²) < 4.78 is 0. The van der Waals surface area contributed by atoms with Crippen molar-refractivity contribution in [2.75, 3.05) is 32.7 Å². The summed E-state index contributed by atoms with van der Waals surface area (Å²) in [6, 6.07) is 0. The number of hydrogen-bond donors (Lipinski definition) is 1. The van der Waals surface area contributed by atoms with E-state index in [-0.39, 0.29) is 0 Å². The lowest BCUT2D eigenvalue weighted by Crippen LogP contribution is -2.50. The monoisotopic (exact) mass is 294 g/mol. The second-order valence-electron chi connectivity index (χ2n) is 8.36. The van der Waals surface area contributed by atoms with Crippen molar-refractivity contribution in [2.24, 2.45) is 23.2 Å². The molecule has 0 spiro atoms. The summed E-state index contributed by atoms with van der Waals surface area (Å²) in [6.07, 6.45) is 8.41. The lowest BCUT2D eigenvalue weighted by Gasteiger charge is -2.46. The van der Waals surface area contributed by atoms with Gasteiger partial charge in [-0.05, 0) is 61.9 Å². The highest BCUT2D eigenvalue weighted by Gasteiger charge is 2.37. The fourth-order valence-electron chi connectivity index (χ4n) is 4.63. The molecule has 0 aromatic rings. The van der Waals surface area contributed by atoms with Gasteiger partial charge < -0.3 is 10.2 Å². The predicted molar refractivity (Wildman–Crippen MR) is 92.6 cm³/mol. The first kappa shape index (κ1) is 17.3. The van der Waals surface area contributed by atoms with Gasteiger partial charge in [0.05, 0.1) is 0 Å². The summed E-state index contributed by atoms with van der Waals surface area (Å²) in [5.41, 5.74) is 0.549. The van der Waals surface area contributed by atoms with Crippen molar-refractivity contribution < 1.29 is 0 Å². The molecule has 2 nitrogen and oxygen atoms in total. The first-order chi connectivity index (χ1) is 10.0. The van der Waals surface area contributed by atoms with Gasteiger partial charge in [0.15, 0.2) is 0 Å². The SMILES string of the molecule is CCCNCC1(CN2CCC(C)C(C)C2)CCCC(C)C1. The van der Waals surface area contributed by atoms with Gasteiger partial charge in [-0.3, -0.25) is 0 Å². The molecule has 1 saturated carbocycles. The van der Waals surface area contributed by atoms with Crippen LogP contribution >= 0.6 is 0 Å². The Morgan fingerprint density at radius 1 is 1.14 bits per heavy atom. The average molecular weight is 295 g/mol. The molecule has 1 N–H and O–H groups in total. The Bertz CT molecular complexity index is 304. The molecule has 0 aromatic heterocycles. The highest BCUT2D eigenvalue weighted by molar-refractivity contribution is 4.91. The zero-order valence-corrected chi connectivity index (χ0v) is 15.0. The highest BCUT2D eigenvalue weighted by Crippen LogP contribution is 2.40. The number of hydrogen-bond acceptors (Lipinski definition) is 2. The van der Waals surface area contributed by atoms with Crippen molar-refractivity contribution in [1.29, 1.82) is 0 Å². The minimum atomic E-state index is 0.549. The smallest absolute Gasteiger partial charge is 0.00504 e. The molecule has 4 unspecified atom stereocenters. The Balaban J connectivity index is 1.94. The standard InChI is InChI=1S/C19H38N2/c1-5-10-20-14-19(9-6-7-16(2)12-19)15-21-11-8-17(3)18(4)13-21/h16-18,20H,5-15H2,1-4H3. The maximum atomic E-state index is 3.75. The first-order valence-corrected chi connectivity index (χ1v) is 9.48. The van der Waals surface area contributed by atoms with Crippen LogP contribution in [0.4, 0.5) is 0 Å². The van der Waals surface area contributed by atoms with E-state index >= 15 is 0 Å². The van der Waals surface area contributed by atoms with Crippen LogP contribution in [-0.2, 0) is 0 Å². The molecule has 124 valence electrons. The van der Waals surface area contributed by atoms with Gasteiger partial charge in [-0.15, -0.1) is 0 Å². The number of nitrogens with one attached hydrogen (secondary N) is 1. The molecule has 2 aliphatic rings. The third kappa shape index (κ3) is 4.96. The molecule has 0 bridgehead atoms. The summed E-state index contributed by atoms with van der Waals surface area (Å²) in [4.78, 5) is 2.79. The van der Waals surface area contributed by atoms with E-state index < -0.39 is 0 Å². The van der Waals surface area contributed by atoms with Gasteiger partial charge in [0.25, 0.3) is 0 Å². The molecule has 1 saturated heterocycles. The fourth-order valence-corrected chi connectivity index (χ4v) is 4.63. The maximum absolute atomic E-state index is 3.75. The van der Waals surface area contributed by atoms with Crippen molar-refractivity contribution in [3.05, 3.63) is 0 Å². The summed E-state index contributed by atoms with van der Waals surface area (Å²) in [5, 5.41) is 3.75. The van der Waals surface area contributed by atoms with E-state index in [1.54, 1.807) is 0 Å². The molecule has 4 atom stereocenters. The van der Waals surface area contributed by atoms with Crippen LogP contribution in [0.1, 0.15) is 66.2 Å². The predicted octanol–water partition coefficient (Wildman–Crippen LogP) is 4.16. The van der Waals surface area contributed by atoms with Crippen LogP contribution < -0.4 is 5.32 Å². The zero-order chi connectivity index (χ0) is 15.3. The Morgan fingerprint density at radius 2 is 1.95 bits per heavy atom. The Labute approximate surface area is 133 Å². The quantitative estimate of drug-likeness (QED) is 0.740. The van der Waals surface area contributed by atoms with Gasteiger partial charge in [0.2, 0.25) is 0 Å². The van der Waals surface area contributed by atoms with Gasteiger partial charge in [-0.1, -0.05) is 40.5 Å². The van der Waals surface area contributed by atoms with E-state index in [2.05, 4.69) is 37.9 Å². The largest absolute Gasteiger partial charge is 0.316 e. The highest BCUT2D eigenvalue weighted by atomic mass is 15.1. The van der Waals surface area contributed by atoms with Crippen molar-refractivity contribution >= 4 is 0 Å². The minimum Gasteiger partial charge on any atom is -0.316 e. The van der Waals surface area contributed by atoms with E-state index in [9.17, 15) is 0 Å². The molecule has 2 rings (SSSR count). The van der Waals surface area contributed by atoms with E-state index in [0.717, 1.165) is 17.8 Å². The lowest BCUT2D eigenvalue weighted by molar-refractivity contribution is 0.0463. The van der Waals surface area contributed by atoms with Crippen molar-refractivity contribution in [3.63, 3.8) is 0 Å². The van der Waals surface area contributed by atoms with Crippen LogP contribution in [0.15, 0.2) is 0 Å². The molecule has 1 heterocycles. The summed E-state index contributed by atoms with van der Waals surface area (Å²) >= 11 is 0. The van der Waals surface area contributed by atoms with Crippen molar-refractivity contribution in [1.82, 2.24) is 10.2 Å². The first-order valence-electron chi connectivity index (χ1n) is 9.48. The Hall–Kier alpha value is -0.0800. The van der Waals surface area contributed by atoms with E-state index in [0.29, 0.717) is 5.41 Å². The number of piperidine rings is 1. The molecule has 0 radical (unpaired) electrons. The average Bonchev–Trinajstić information content (AvgIpc) is 2.43. The third-order valence-corrected chi connectivity index (χ3v) is 6.09. The summed E-state index contributed by atoms with van der Waals surface area (Å²) in [6.45, 7) is 16.0. The zero-order valence-electron chi connectivity index (χ0n) is 15.0. The van der Waals surface area contributed by atoms with Gasteiger partial charge in [-0.25, -0.2) is 0 Å². The van der Waals surface area contributed by atoms with Gasteiger partial charge in [0.1, 0.15) is 0 Å². The molecule has 1 aliphatic carbocycles. The molecule has 0 amide bonds. The van der Waals surface area contributed by atoms with Gasteiger partial charge in [-0.2, -0.15) is 0 Å². The molecule has 2 heteroatoms. The normalized spacial score (nSPS) is 38.6. The number of likely N-dealkylation sites (tertiary alicyclic amines) is 1. The minimum absolute atomic E-state index is 0.549. The van der Waals surface area contributed by atoms with Crippen LogP contribution in [0.2, 0.25) is 0 Å². The fraction of sp³-hybridized carbons (Fsp3) is 1.00. The van der Waals surface area contributed by atoms with Crippen LogP contribution in [-0.4, -0.2) is 37.6 Å². The van der Waals surface area contributed by atoms with Gasteiger partial charge in [0, 0.05) is 19.6 Å². The van der Waals surface area contributed by atoms with Crippen LogP contribution in [0.25, 0.3) is 0 Å². The van der Waals surface area contributed by atoms with Crippen LogP contribution in [0, 0.1) is 23.2 Å². The lowest BCUT2D eigenvalue weighted by atomic mass is 9.69. The third-order valence-electron chi connectivity index (χ3n) is 6.09. The van der Waals surface area contributed by atoms with E-state index in [1.165, 1.54) is 71.2 Å². The van der Waals surface area contributed by atoms with Crippen molar-refractivity contribution in [2.45, 2.75) is 66.2 Å².